The third kappa shape index (κ3) is 6.89. The fourth-order valence-corrected chi connectivity index (χ4v) is 2.38. The van der Waals surface area contributed by atoms with E-state index in [1.54, 1.807) is 0 Å². The van der Waals surface area contributed by atoms with Gasteiger partial charge in [-0.3, -0.25) is 0 Å². The molecule has 0 aliphatic carbocycles. The highest BCUT2D eigenvalue weighted by atomic mass is 16.4. The zero-order valence-electron chi connectivity index (χ0n) is 14.8. The van der Waals surface area contributed by atoms with Crippen molar-refractivity contribution in [2.75, 3.05) is 26.7 Å². The number of urea groups is 1. The summed E-state index contributed by atoms with van der Waals surface area (Å²) < 4.78 is 1.38. The molecule has 0 aliphatic rings. The second kappa shape index (κ2) is 10.1. The maximum Gasteiger partial charge on any atom is 0.358 e. The van der Waals surface area contributed by atoms with Crippen LogP contribution >= 0.6 is 0 Å². The number of aromatic carboxylic acids is 1. The van der Waals surface area contributed by atoms with Gasteiger partial charge in [0.1, 0.15) is 0 Å². The number of nitrogens with zero attached hydrogens (tertiary/aromatic N) is 4. The summed E-state index contributed by atoms with van der Waals surface area (Å²) in [4.78, 5) is 24.6. The zero-order valence-corrected chi connectivity index (χ0v) is 14.8. The van der Waals surface area contributed by atoms with Crippen LogP contribution in [0.3, 0.4) is 0 Å². The Labute approximate surface area is 152 Å². The molecule has 0 saturated carbocycles. The highest BCUT2D eigenvalue weighted by Gasteiger charge is 2.08. The first-order valence-corrected chi connectivity index (χ1v) is 8.42. The molecule has 9 heteroatoms. The quantitative estimate of drug-likeness (QED) is 0.540. The minimum absolute atomic E-state index is 0.117. The van der Waals surface area contributed by atoms with Crippen LogP contribution in [0.5, 0.6) is 0 Å². The fourth-order valence-electron chi connectivity index (χ4n) is 2.38. The van der Waals surface area contributed by atoms with Gasteiger partial charge in [0.2, 0.25) is 0 Å². The third-order valence-electron chi connectivity index (χ3n) is 3.68. The van der Waals surface area contributed by atoms with Crippen LogP contribution in [0.1, 0.15) is 22.5 Å². The number of hydrogen-bond acceptors (Lipinski definition) is 5. The summed E-state index contributed by atoms with van der Waals surface area (Å²) in [6, 6.07) is 9.98. The first-order valence-electron chi connectivity index (χ1n) is 8.42. The number of carbonyl (C=O) groups is 2. The molecule has 26 heavy (non-hydrogen) atoms. The number of carboxylic acids is 1. The SMILES string of the molecule is CN(CCCNC(=O)NCCn1cc(C(=O)O)nn1)Cc1ccccc1. The Morgan fingerprint density at radius 2 is 1.92 bits per heavy atom. The van der Waals surface area contributed by atoms with Crippen molar-refractivity contribution in [3.63, 3.8) is 0 Å². The van der Waals surface area contributed by atoms with Gasteiger partial charge in [0.15, 0.2) is 5.69 Å². The van der Waals surface area contributed by atoms with Crippen LogP contribution < -0.4 is 10.6 Å². The average Bonchev–Trinajstić information content (AvgIpc) is 3.09. The first kappa shape index (κ1) is 19.4. The molecule has 140 valence electrons. The van der Waals surface area contributed by atoms with Crippen LogP contribution in [-0.2, 0) is 13.1 Å². The number of amides is 2. The van der Waals surface area contributed by atoms with Gasteiger partial charge in [-0.15, -0.1) is 5.10 Å². The Morgan fingerprint density at radius 1 is 1.19 bits per heavy atom. The number of rotatable bonds is 10. The minimum atomic E-state index is -1.13. The van der Waals surface area contributed by atoms with Crippen molar-refractivity contribution in [1.29, 1.82) is 0 Å². The lowest BCUT2D eigenvalue weighted by molar-refractivity contribution is 0.0690. The van der Waals surface area contributed by atoms with Crippen molar-refractivity contribution in [2.24, 2.45) is 0 Å². The Balaban J connectivity index is 1.53. The summed E-state index contributed by atoms with van der Waals surface area (Å²) in [5, 5.41) is 21.4. The van der Waals surface area contributed by atoms with Crippen LogP contribution in [0.25, 0.3) is 0 Å². The maximum absolute atomic E-state index is 11.7. The highest BCUT2D eigenvalue weighted by molar-refractivity contribution is 5.84. The molecule has 1 aromatic carbocycles. The molecule has 2 rings (SSSR count). The first-order chi connectivity index (χ1) is 12.5. The summed E-state index contributed by atoms with van der Waals surface area (Å²) in [6.45, 7) is 3.03. The molecule has 3 N–H and O–H groups in total. The molecular weight excluding hydrogens is 336 g/mol. The van der Waals surface area contributed by atoms with E-state index in [0.717, 1.165) is 19.5 Å². The van der Waals surface area contributed by atoms with E-state index in [2.05, 4.69) is 45.0 Å². The number of hydrogen-bond donors (Lipinski definition) is 3. The lowest BCUT2D eigenvalue weighted by Crippen LogP contribution is -2.38. The molecule has 0 bridgehead atoms. The van der Waals surface area contributed by atoms with E-state index in [-0.39, 0.29) is 11.7 Å². The number of nitrogens with one attached hydrogen (secondary N) is 2. The fraction of sp³-hybridized carbons (Fsp3) is 0.412. The molecule has 0 radical (unpaired) electrons. The van der Waals surface area contributed by atoms with E-state index in [4.69, 9.17) is 5.11 Å². The molecule has 9 nitrogen and oxygen atoms in total. The van der Waals surface area contributed by atoms with Crippen molar-refractivity contribution in [3.05, 3.63) is 47.8 Å². The van der Waals surface area contributed by atoms with Gasteiger partial charge in [-0.1, -0.05) is 35.5 Å². The molecule has 0 spiro atoms. The predicted octanol–water partition coefficient (Wildman–Crippen LogP) is 0.798. The molecule has 1 aromatic heterocycles. The van der Waals surface area contributed by atoms with Crippen LogP contribution in [0.2, 0.25) is 0 Å². The lowest BCUT2D eigenvalue weighted by Gasteiger charge is -2.16. The maximum atomic E-state index is 11.7. The molecule has 0 aliphatic heterocycles. The van der Waals surface area contributed by atoms with E-state index in [1.165, 1.54) is 16.4 Å². The average molecular weight is 360 g/mol. The smallest absolute Gasteiger partial charge is 0.358 e. The Kier molecular flexibility index (Phi) is 7.56. The molecule has 2 aromatic rings. The van der Waals surface area contributed by atoms with Gasteiger partial charge in [-0.05, 0) is 25.6 Å². The molecule has 0 unspecified atom stereocenters. The largest absolute Gasteiger partial charge is 0.476 e. The third-order valence-corrected chi connectivity index (χ3v) is 3.68. The van der Waals surface area contributed by atoms with E-state index in [1.807, 2.05) is 18.2 Å². The van der Waals surface area contributed by atoms with Crippen LogP contribution in [0.15, 0.2) is 36.5 Å². The summed E-state index contributed by atoms with van der Waals surface area (Å²) >= 11 is 0. The van der Waals surface area contributed by atoms with Crippen LogP contribution in [-0.4, -0.2) is 63.7 Å². The molecule has 0 saturated heterocycles. The summed E-state index contributed by atoms with van der Waals surface area (Å²) in [6.07, 6.45) is 2.17. The summed E-state index contributed by atoms with van der Waals surface area (Å²) in [5.74, 6) is -1.13. The van der Waals surface area contributed by atoms with Crippen molar-refractivity contribution >= 4 is 12.0 Å². The molecule has 1 heterocycles. The Bertz CT molecular complexity index is 704. The zero-order chi connectivity index (χ0) is 18.8. The van der Waals surface area contributed by atoms with E-state index < -0.39 is 5.97 Å². The van der Waals surface area contributed by atoms with E-state index in [9.17, 15) is 9.59 Å². The predicted molar refractivity (Wildman–Crippen MR) is 95.8 cm³/mol. The monoisotopic (exact) mass is 360 g/mol. The molecular formula is C17H24N6O3. The minimum Gasteiger partial charge on any atom is -0.476 e. The molecule has 0 fully saturated rings. The topological polar surface area (TPSA) is 112 Å². The second-order valence-electron chi connectivity index (χ2n) is 5.93. The van der Waals surface area contributed by atoms with Crippen LogP contribution in [0.4, 0.5) is 4.79 Å². The standard InChI is InChI=1S/C17H24N6O3/c1-22(12-14-6-3-2-4-7-14)10-5-8-18-17(26)19-9-11-23-13-15(16(24)25)20-21-23/h2-4,6-7,13H,5,8-12H2,1H3,(H,24,25)(H2,18,19,26). The number of carbonyl (C=O) groups excluding carboxylic acids is 1. The van der Waals surface area contributed by atoms with Gasteiger partial charge in [0.25, 0.3) is 0 Å². The second-order valence-corrected chi connectivity index (χ2v) is 5.93. The van der Waals surface area contributed by atoms with Crippen molar-refractivity contribution in [3.8, 4) is 0 Å². The van der Waals surface area contributed by atoms with E-state index >= 15 is 0 Å². The molecule has 0 atom stereocenters. The lowest BCUT2D eigenvalue weighted by atomic mass is 10.2. The summed E-state index contributed by atoms with van der Waals surface area (Å²) in [7, 11) is 2.05. The van der Waals surface area contributed by atoms with Crippen molar-refractivity contribution < 1.29 is 14.7 Å². The van der Waals surface area contributed by atoms with Gasteiger partial charge in [0.05, 0.1) is 12.7 Å². The van der Waals surface area contributed by atoms with Gasteiger partial charge >= 0.3 is 12.0 Å². The Morgan fingerprint density at radius 3 is 2.62 bits per heavy atom. The number of benzene rings is 1. The molecule has 2 amide bonds. The van der Waals surface area contributed by atoms with Crippen molar-refractivity contribution in [1.82, 2.24) is 30.5 Å². The Hall–Kier alpha value is -2.94. The van der Waals surface area contributed by atoms with Gasteiger partial charge in [-0.2, -0.15) is 0 Å². The van der Waals surface area contributed by atoms with E-state index in [0.29, 0.717) is 19.6 Å². The number of aromatic nitrogens is 3. The summed E-state index contributed by atoms with van der Waals surface area (Å²) in [5.41, 5.74) is 1.15. The van der Waals surface area contributed by atoms with Gasteiger partial charge in [-0.25, -0.2) is 14.3 Å². The van der Waals surface area contributed by atoms with Crippen LogP contribution in [0, 0.1) is 0 Å². The number of carboxylic acid groups (broad SMARTS) is 1. The normalized spacial score (nSPS) is 10.7. The van der Waals surface area contributed by atoms with Gasteiger partial charge in [0, 0.05) is 19.6 Å². The van der Waals surface area contributed by atoms with Crippen molar-refractivity contribution in [2.45, 2.75) is 19.5 Å². The van der Waals surface area contributed by atoms with Gasteiger partial charge < -0.3 is 20.6 Å². The highest BCUT2D eigenvalue weighted by Crippen LogP contribution is 2.02.